The zero-order chi connectivity index (χ0) is 12.4. The normalized spacial score (nSPS) is 15.4. The van der Waals surface area contributed by atoms with Crippen molar-refractivity contribution in [2.45, 2.75) is 6.54 Å². The topological polar surface area (TPSA) is 51.0 Å². The van der Waals surface area contributed by atoms with Crippen molar-refractivity contribution in [3.8, 4) is 0 Å². The van der Waals surface area contributed by atoms with Crippen LogP contribution in [-0.4, -0.2) is 27.9 Å². The molecule has 2 aromatic rings. The summed E-state index contributed by atoms with van der Waals surface area (Å²) in [5.41, 5.74) is 1.16. The molecule has 1 fully saturated rings. The third-order valence-electron chi connectivity index (χ3n) is 3.20. The van der Waals surface area contributed by atoms with E-state index in [4.69, 9.17) is 0 Å². The van der Waals surface area contributed by atoms with Gasteiger partial charge in [-0.1, -0.05) is 0 Å². The molecule has 3 heterocycles. The van der Waals surface area contributed by atoms with Crippen LogP contribution in [0, 0.1) is 5.92 Å². The summed E-state index contributed by atoms with van der Waals surface area (Å²) in [5, 5.41) is 4.07. The molecule has 0 atom stereocenters. The van der Waals surface area contributed by atoms with E-state index >= 15 is 0 Å². The van der Waals surface area contributed by atoms with Crippen LogP contribution in [0.5, 0.6) is 0 Å². The van der Waals surface area contributed by atoms with Crippen molar-refractivity contribution in [3.63, 3.8) is 0 Å². The van der Waals surface area contributed by atoms with Gasteiger partial charge in [0.15, 0.2) is 0 Å². The molecule has 0 spiro atoms. The third-order valence-corrected chi connectivity index (χ3v) is 3.20. The van der Waals surface area contributed by atoms with Gasteiger partial charge in [-0.05, 0) is 18.2 Å². The van der Waals surface area contributed by atoms with E-state index in [-0.39, 0.29) is 5.56 Å². The minimum atomic E-state index is -0.0279. The van der Waals surface area contributed by atoms with Gasteiger partial charge in [-0.25, -0.2) is 4.68 Å². The van der Waals surface area contributed by atoms with Crippen molar-refractivity contribution >= 4 is 5.69 Å². The van der Waals surface area contributed by atoms with E-state index in [1.54, 1.807) is 30.7 Å². The Morgan fingerprint density at radius 2 is 1.94 bits per heavy atom. The molecule has 2 aromatic heterocycles. The van der Waals surface area contributed by atoms with Gasteiger partial charge >= 0.3 is 0 Å². The fourth-order valence-corrected chi connectivity index (χ4v) is 2.22. The molecule has 0 amide bonds. The summed E-state index contributed by atoms with van der Waals surface area (Å²) < 4.78 is 1.54. The number of nitrogens with zero attached hydrogens (tertiary/aromatic N) is 4. The van der Waals surface area contributed by atoms with E-state index in [1.165, 1.54) is 10.4 Å². The maximum atomic E-state index is 11.5. The van der Waals surface area contributed by atoms with E-state index in [2.05, 4.69) is 15.0 Å². The summed E-state index contributed by atoms with van der Waals surface area (Å²) >= 11 is 0. The van der Waals surface area contributed by atoms with E-state index in [0.717, 1.165) is 13.1 Å². The average molecular weight is 242 g/mol. The van der Waals surface area contributed by atoms with Crippen LogP contribution in [0.3, 0.4) is 0 Å². The second-order valence-corrected chi connectivity index (χ2v) is 4.52. The molecular weight excluding hydrogens is 228 g/mol. The van der Waals surface area contributed by atoms with Crippen molar-refractivity contribution in [2.24, 2.45) is 5.92 Å². The molecular formula is C13H14N4O. The Kier molecular flexibility index (Phi) is 2.80. The highest BCUT2D eigenvalue weighted by molar-refractivity contribution is 5.47. The van der Waals surface area contributed by atoms with Gasteiger partial charge in [0.2, 0.25) is 0 Å². The van der Waals surface area contributed by atoms with Gasteiger partial charge in [-0.2, -0.15) is 5.10 Å². The second-order valence-electron chi connectivity index (χ2n) is 4.52. The highest BCUT2D eigenvalue weighted by atomic mass is 16.1. The van der Waals surface area contributed by atoms with E-state index in [9.17, 15) is 4.79 Å². The number of hydrogen-bond acceptors (Lipinski definition) is 4. The van der Waals surface area contributed by atoms with Crippen LogP contribution in [0.15, 0.2) is 47.7 Å². The molecule has 92 valence electrons. The molecule has 0 aromatic carbocycles. The maximum Gasteiger partial charge on any atom is 0.266 e. The summed E-state index contributed by atoms with van der Waals surface area (Å²) in [6, 6.07) is 7.22. The molecule has 0 unspecified atom stereocenters. The third kappa shape index (κ3) is 2.11. The summed E-state index contributed by atoms with van der Waals surface area (Å²) in [4.78, 5) is 17.8. The molecule has 0 aliphatic carbocycles. The van der Waals surface area contributed by atoms with Crippen molar-refractivity contribution in [1.29, 1.82) is 0 Å². The number of rotatable bonds is 3. The Bertz CT molecular complexity index is 575. The predicted octanol–water partition coefficient (Wildman–Crippen LogP) is 0.775. The Morgan fingerprint density at radius 3 is 2.67 bits per heavy atom. The Hall–Kier alpha value is -2.17. The molecule has 5 heteroatoms. The van der Waals surface area contributed by atoms with Gasteiger partial charge < -0.3 is 4.90 Å². The monoisotopic (exact) mass is 242 g/mol. The Morgan fingerprint density at radius 1 is 1.17 bits per heavy atom. The van der Waals surface area contributed by atoms with Crippen LogP contribution in [0.25, 0.3) is 0 Å². The first-order valence-electron chi connectivity index (χ1n) is 6.00. The zero-order valence-corrected chi connectivity index (χ0v) is 9.94. The van der Waals surface area contributed by atoms with Crippen LogP contribution in [0.2, 0.25) is 0 Å². The van der Waals surface area contributed by atoms with Gasteiger partial charge in [0.05, 0.1) is 6.54 Å². The van der Waals surface area contributed by atoms with E-state index in [1.807, 2.05) is 12.1 Å². The quantitative estimate of drug-likeness (QED) is 0.798. The number of anilines is 1. The zero-order valence-electron chi connectivity index (χ0n) is 9.94. The Labute approximate surface area is 105 Å². The summed E-state index contributed by atoms with van der Waals surface area (Å²) in [6.07, 6.45) is 5.25. The average Bonchev–Trinajstić information content (AvgIpc) is 2.36. The minimum Gasteiger partial charge on any atom is -0.371 e. The van der Waals surface area contributed by atoms with Crippen LogP contribution >= 0.6 is 0 Å². The lowest BCUT2D eigenvalue weighted by Gasteiger charge is -2.40. The van der Waals surface area contributed by atoms with Crippen LogP contribution in [0.1, 0.15) is 0 Å². The first-order chi connectivity index (χ1) is 8.83. The maximum absolute atomic E-state index is 11.5. The van der Waals surface area contributed by atoms with E-state index < -0.39 is 0 Å². The smallest absolute Gasteiger partial charge is 0.266 e. The van der Waals surface area contributed by atoms with Gasteiger partial charge in [0.1, 0.15) is 0 Å². The first kappa shape index (κ1) is 11.0. The fraction of sp³-hybridized carbons (Fsp3) is 0.308. The summed E-state index contributed by atoms with van der Waals surface area (Å²) in [7, 11) is 0. The minimum absolute atomic E-state index is 0.0279. The number of pyridine rings is 1. The van der Waals surface area contributed by atoms with Crippen LogP contribution in [0.4, 0.5) is 5.69 Å². The van der Waals surface area contributed by atoms with Gasteiger partial charge in [-0.15, -0.1) is 0 Å². The molecule has 5 nitrogen and oxygen atoms in total. The van der Waals surface area contributed by atoms with Crippen LogP contribution < -0.4 is 10.5 Å². The molecule has 0 saturated carbocycles. The molecule has 1 aliphatic heterocycles. The summed E-state index contributed by atoms with van der Waals surface area (Å²) in [5.74, 6) is 0.491. The van der Waals surface area contributed by atoms with Crippen LogP contribution in [-0.2, 0) is 6.54 Å². The molecule has 3 rings (SSSR count). The number of aromatic nitrogens is 3. The van der Waals surface area contributed by atoms with Gasteiger partial charge in [0, 0.05) is 49.4 Å². The SMILES string of the molecule is O=c1cccnn1CC1CN(c2ccncc2)C1. The van der Waals surface area contributed by atoms with Gasteiger partial charge in [-0.3, -0.25) is 9.78 Å². The van der Waals surface area contributed by atoms with Gasteiger partial charge in [0.25, 0.3) is 5.56 Å². The molecule has 18 heavy (non-hydrogen) atoms. The van der Waals surface area contributed by atoms with Crippen molar-refractivity contribution in [3.05, 3.63) is 53.2 Å². The molecule has 1 aliphatic rings. The largest absolute Gasteiger partial charge is 0.371 e. The predicted molar refractivity (Wildman–Crippen MR) is 68.4 cm³/mol. The van der Waals surface area contributed by atoms with Crippen molar-refractivity contribution < 1.29 is 0 Å². The number of hydrogen-bond donors (Lipinski definition) is 0. The lowest BCUT2D eigenvalue weighted by atomic mass is 9.99. The standard InChI is InChI=1S/C13H14N4O/c18-13-2-1-5-15-17(13)10-11-8-16(9-11)12-3-6-14-7-4-12/h1-7,11H,8-10H2. The highest BCUT2D eigenvalue weighted by Gasteiger charge is 2.27. The fourth-order valence-electron chi connectivity index (χ4n) is 2.22. The van der Waals surface area contributed by atoms with E-state index in [0.29, 0.717) is 12.5 Å². The summed E-state index contributed by atoms with van der Waals surface area (Å²) in [6.45, 7) is 2.63. The Balaban J connectivity index is 1.61. The molecule has 0 radical (unpaired) electrons. The van der Waals surface area contributed by atoms with Crippen molar-refractivity contribution in [2.75, 3.05) is 18.0 Å². The lowest BCUT2D eigenvalue weighted by molar-refractivity contribution is 0.334. The molecule has 0 N–H and O–H groups in total. The first-order valence-corrected chi connectivity index (χ1v) is 6.00. The second kappa shape index (κ2) is 4.60. The highest BCUT2D eigenvalue weighted by Crippen LogP contribution is 2.24. The molecule has 0 bridgehead atoms. The molecule has 1 saturated heterocycles. The van der Waals surface area contributed by atoms with Crippen molar-refractivity contribution in [1.82, 2.24) is 14.8 Å². The lowest BCUT2D eigenvalue weighted by Crippen LogP contribution is -2.49.